The lowest BCUT2D eigenvalue weighted by Gasteiger charge is -2.38. The van der Waals surface area contributed by atoms with Gasteiger partial charge in [0, 0.05) is 5.56 Å². The van der Waals surface area contributed by atoms with E-state index in [1.165, 1.54) is 7.11 Å². The molecule has 0 amide bonds. The van der Waals surface area contributed by atoms with Crippen LogP contribution in [0, 0.1) is 6.92 Å². The lowest BCUT2D eigenvalue weighted by atomic mass is 9.71. The molecule has 0 saturated heterocycles. The number of nitrogens with zero attached hydrogens (tertiary/aromatic N) is 1. The molecule has 0 atom stereocenters. The molecule has 0 aliphatic heterocycles. The van der Waals surface area contributed by atoms with Gasteiger partial charge in [0.25, 0.3) is 0 Å². The molecule has 1 saturated carbocycles. The van der Waals surface area contributed by atoms with Crippen LogP contribution in [0.2, 0.25) is 5.02 Å². The average molecular weight is 268 g/mol. The van der Waals surface area contributed by atoms with Gasteiger partial charge in [0.05, 0.1) is 12.1 Å². The molecule has 1 aliphatic rings. The summed E-state index contributed by atoms with van der Waals surface area (Å²) in [6, 6.07) is 1.71. The Balaban J connectivity index is 2.64. The Kier molecular flexibility index (Phi) is 3.33. The molecule has 4 nitrogen and oxygen atoms in total. The number of hydrogen-bond donors (Lipinski definition) is 1. The number of halogens is 1. The second-order valence-electron chi connectivity index (χ2n) is 4.52. The van der Waals surface area contributed by atoms with Crippen molar-refractivity contribution in [2.45, 2.75) is 31.7 Å². The standard InChI is InChI=1S/C13H14ClNO3/c1-8-6-9(18-2)12(17)11(14)10(8)13(15-7-16)4-3-5-13/h6,17H,3-5H2,1-2H3. The predicted octanol–water partition coefficient (Wildman–Crippen LogP) is 3.08. The molecule has 0 aromatic heterocycles. The summed E-state index contributed by atoms with van der Waals surface area (Å²) in [5.74, 6) is 0.220. The van der Waals surface area contributed by atoms with Gasteiger partial charge in [-0.3, -0.25) is 0 Å². The van der Waals surface area contributed by atoms with Crippen LogP contribution < -0.4 is 4.74 Å². The quantitative estimate of drug-likeness (QED) is 0.676. The summed E-state index contributed by atoms with van der Waals surface area (Å²) in [4.78, 5) is 14.5. The summed E-state index contributed by atoms with van der Waals surface area (Å²) in [6.45, 7) is 1.86. The van der Waals surface area contributed by atoms with Gasteiger partial charge >= 0.3 is 0 Å². The summed E-state index contributed by atoms with van der Waals surface area (Å²) in [5.41, 5.74) is 0.942. The van der Waals surface area contributed by atoms with Crippen molar-refractivity contribution in [3.8, 4) is 11.5 Å². The third-order valence-corrected chi connectivity index (χ3v) is 3.90. The molecule has 0 spiro atoms. The van der Waals surface area contributed by atoms with Crippen LogP contribution in [0.4, 0.5) is 0 Å². The van der Waals surface area contributed by atoms with E-state index in [2.05, 4.69) is 4.99 Å². The molecule has 2 rings (SSSR count). The predicted molar refractivity (Wildman–Crippen MR) is 68.1 cm³/mol. The van der Waals surface area contributed by atoms with Crippen LogP contribution in [-0.2, 0) is 10.3 Å². The maximum absolute atomic E-state index is 10.6. The number of ether oxygens (including phenoxy) is 1. The van der Waals surface area contributed by atoms with Crippen LogP contribution >= 0.6 is 11.6 Å². The Morgan fingerprint density at radius 2 is 2.22 bits per heavy atom. The molecule has 1 aliphatic carbocycles. The van der Waals surface area contributed by atoms with Gasteiger partial charge in [-0.15, -0.1) is 0 Å². The third kappa shape index (κ3) is 1.78. The van der Waals surface area contributed by atoms with Gasteiger partial charge in [-0.2, -0.15) is 4.99 Å². The summed E-state index contributed by atoms with van der Waals surface area (Å²) >= 11 is 6.20. The van der Waals surface area contributed by atoms with E-state index in [-0.39, 0.29) is 10.8 Å². The van der Waals surface area contributed by atoms with Gasteiger partial charge in [-0.05, 0) is 37.8 Å². The molecule has 0 unspecified atom stereocenters. The minimum absolute atomic E-state index is 0.104. The van der Waals surface area contributed by atoms with Crippen LogP contribution in [0.1, 0.15) is 30.4 Å². The minimum Gasteiger partial charge on any atom is -0.503 e. The Bertz CT molecular complexity index is 532. The SMILES string of the molecule is COc1cc(C)c(C2(N=C=O)CCC2)c(Cl)c1O. The van der Waals surface area contributed by atoms with Gasteiger partial charge in [0.15, 0.2) is 11.5 Å². The minimum atomic E-state index is -0.618. The van der Waals surface area contributed by atoms with E-state index in [4.69, 9.17) is 16.3 Å². The van der Waals surface area contributed by atoms with Gasteiger partial charge in [-0.25, -0.2) is 4.79 Å². The number of phenols is 1. The summed E-state index contributed by atoms with van der Waals surface area (Å²) < 4.78 is 5.04. The number of benzene rings is 1. The number of rotatable bonds is 3. The first-order chi connectivity index (χ1) is 8.55. The van der Waals surface area contributed by atoms with Crippen molar-refractivity contribution in [2.75, 3.05) is 7.11 Å². The van der Waals surface area contributed by atoms with Gasteiger partial charge in [-0.1, -0.05) is 11.6 Å². The van der Waals surface area contributed by atoms with Gasteiger partial charge in [0.1, 0.15) is 5.54 Å². The third-order valence-electron chi connectivity index (χ3n) is 3.53. The average Bonchev–Trinajstić information content (AvgIpc) is 2.30. The molecular formula is C13H14ClNO3. The number of aliphatic imine (C=N–C) groups is 1. The van der Waals surface area contributed by atoms with Crippen LogP contribution in [-0.4, -0.2) is 18.3 Å². The lowest BCUT2D eigenvalue weighted by molar-refractivity contribution is 0.253. The number of isocyanates is 1. The van der Waals surface area contributed by atoms with Crippen molar-refractivity contribution in [3.05, 3.63) is 22.2 Å². The molecule has 5 heteroatoms. The summed E-state index contributed by atoms with van der Waals surface area (Å²) in [5, 5.41) is 10.2. The normalized spacial score (nSPS) is 16.6. The summed E-state index contributed by atoms with van der Waals surface area (Å²) in [7, 11) is 1.47. The number of phenolic OH excluding ortho intramolecular Hbond substituents is 1. The fourth-order valence-electron chi connectivity index (χ4n) is 2.48. The fourth-order valence-corrected chi connectivity index (χ4v) is 2.90. The second-order valence-corrected chi connectivity index (χ2v) is 4.90. The molecule has 1 fully saturated rings. The highest BCUT2D eigenvalue weighted by atomic mass is 35.5. The largest absolute Gasteiger partial charge is 0.503 e. The molecule has 0 radical (unpaired) electrons. The van der Waals surface area contributed by atoms with E-state index < -0.39 is 5.54 Å². The topological polar surface area (TPSA) is 58.9 Å². The smallest absolute Gasteiger partial charge is 0.235 e. The van der Waals surface area contributed by atoms with Crippen LogP contribution in [0.5, 0.6) is 11.5 Å². The number of hydrogen-bond acceptors (Lipinski definition) is 4. The molecule has 96 valence electrons. The lowest BCUT2D eigenvalue weighted by Crippen LogP contribution is -2.33. The van der Waals surface area contributed by atoms with Crippen molar-refractivity contribution in [1.29, 1.82) is 0 Å². The van der Waals surface area contributed by atoms with Crippen LogP contribution in [0.3, 0.4) is 0 Å². The highest BCUT2D eigenvalue weighted by Crippen LogP contribution is 2.52. The first kappa shape index (κ1) is 12.9. The van der Waals surface area contributed by atoms with Crippen molar-refractivity contribution < 1.29 is 14.6 Å². The fraction of sp³-hybridized carbons (Fsp3) is 0.462. The Hall–Kier alpha value is -1.51. The Morgan fingerprint density at radius 3 is 2.67 bits per heavy atom. The maximum Gasteiger partial charge on any atom is 0.235 e. The van der Waals surface area contributed by atoms with Crippen molar-refractivity contribution in [3.63, 3.8) is 0 Å². The van der Waals surface area contributed by atoms with E-state index in [9.17, 15) is 9.90 Å². The number of aromatic hydroxyl groups is 1. The van der Waals surface area contributed by atoms with E-state index in [0.717, 1.165) is 24.8 Å². The van der Waals surface area contributed by atoms with E-state index >= 15 is 0 Å². The van der Waals surface area contributed by atoms with E-state index in [1.54, 1.807) is 12.1 Å². The first-order valence-corrected chi connectivity index (χ1v) is 6.09. The molecule has 1 aromatic carbocycles. The number of methoxy groups -OCH3 is 1. The maximum atomic E-state index is 10.6. The zero-order chi connectivity index (χ0) is 13.3. The van der Waals surface area contributed by atoms with Crippen molar-refractivity contribution >= 4 is 17.7 Å². The molecule has 0 bridgehead atoms. The van der Waals surface area contributed by atoms with Gasteiger partial charge < -0.3 is 9.84 Å². The Morgan fingerprint density at radius 1 is 1.56 bits per heavy atom. The van der Waals surface area contributed by atoms with E-state index in [0.29, 0.717) is 11.3 Å². The van der Waals surface area contributed by atoms with Crippen molar-refractivity contribution in [2.24, 2.45) is 4.99 Å². The van der Waals surface area contributed by atoms with Crippen molar-refractivity contribution in [1.82, 2.24) is 0 Å². The van der Waals surface area contributed by atoms with Gasteiger partial charge in [0.2, 0.25) is 6.08 Å². The zero-order valence-corrected chi connectivity index (χ0v) is 11.0. The molecule has 1 aromatic rings. The molecule has 1 N–H and O–H groups in total. The monoisotopic (exact) mass is 267 g/mol. The molecule has 18 heavy (non-hydrogen) atoms. The summed E-state index contributed by atoms with van der Waals surface area (Å²) in [6.07, 6.45) is 4.08. The number of carbonyl (C=O) groups excluding carboxylic acids is 1. The highest BCUT2D eigenvalue weighted by molar-refractivity contribution is 6.33. The number of aryl methyl sites for hydroxylation is 1. The molecular weight excluding hydrogens is 254 g/mol. The zero-order valence-electron chi connectivity index (χ0n) is 10.3. The highest BCUT2D eigenvalue weighted by Gasteiger charge is 2.42. The molecule has 0 heterocycles. The van der Waals surface area contributed by atoms with Crippen LogP contribution in [0.15, 0.2) is 11.1 Å². The van der Waals surface area contributed by atoms with Crippen LogP contribution in [0.25, 0.3) is 0 Å². The second kappa shape index (κ2) is 4.63. The first-order valence-electron chi connectivity index (χ1n) is 5.71. The Labute approximate surface area is 110 Å². The van der Waals surface area contributed by atoms with E-state index in [1.807, 2.05) is 6.92 Å².